The molecule has 0 aliphatic rings. The number of nitrogens with zero attached hydrogens (tertiary/aromatic N) is 4. The number of nitrogens with one attached hydrogen (secondary N) is 1. The van der Waals surface area contributed by atoms with Gasteiger partial charge in [0, 0.05) is 12.6 Å². The molecule has 2 heterocycles. The number of rotatable bonds is 5. The van der Waals surface area contributed by atoms with Crippen molar-refractivity contribution in [2.75, 3.05) is 7.11 Å². The third-order valence-electron chi connectivity index (χ3n) is 3.66. The van der Waals surface area contributed by atoms with Crippen molar-refractivity contribution >= 4 is 17.2 Å². The maximum atomic E-state index is 12.3. The van der Waals surface area contributed by atoms with Gasteiger partial charge in [0.05, 0.1) is 19.9 Å². The summed E-state index contributed by atoms with van der Waals surface area (Å²) >= 11 is 1.35. The lowest BCUT2D eigenvalue weighted by atomic mass is 10.2. The number of carbonyl (C=O) groups is 1. The van der Waals surface area contributed by atoms with E-state index in [1.807, 2.05) is 42.8 Å². The highest BCUT2D eigenvalue weighted by atomic mass is 32.1. The van der Waals surface area contributed by atoms with Gasteiger partial charge >= 0.3 is 0 Å². The lowest BCUT2D eigenvalue weighted by Gasteiger charge is -2.03. The van der Waals surface area contributed by atoms with E-state index in [-0.39, 0.29) is 5.91 Å². The standard InChI is InChI=1S/C16H17N5O2S/c1-10-19-20-14(21(10)2)9-17-15(22)13-8-18-16(24-13)11-4-6-12(23-3)7-5-11/h4-8H,9H2,1-3H3,(H,17,22). The Balaban J connectivity index is 1.68. The predicted octanol–water partition coefficient (Wildman–Crippen LogP) is 2.19. The van der Waals surface area contributed by atoms with Gasteiger partial charge in [-0.05, 0) is 31.2 Å². The predicted molar refractivity (Wildman–Crippen MR) is 91.0 cm³/mol. The number of benzene rings is 1. The third kappa shape index (κ3) is 3.28. The molecule has 0 bridgehead atoms. The van der Waals surface area contributed by atoms with Gasteiger partial charge in [-0.15, -0.1) is 21.5 Å². The number of hydrogen-bond donors (Lipinski definition) is 1. The van der Waals surface area contributed by atoms with Gasteiger partial charge < -0.3 is 14.6 Å². The summed E-state index contributed by atoms with van der Waals surface area (Å²) < 4.78 is 6.98. The smallest absolute Gasteiger partial charge is 0.263 e. The monoisotopic (exact) mass is 343 g/mol. The summed E-state index contributed by atoms with van der Waals surface area (Å²) in [6.45, 7) is 2.19. The average Bonchev–Trinajstić information content (AvgIpc) is 3.22. The van der Waals surface area contributed by atoms with Gasteiger partial charge in [0.2, 0.25) is 0 Å². The van der Waals surface area contributed by atoms with E-state index in [9.17, 15) is 4.79 Å². The third-order valence-corrected chi connectivity index (χ3v) is 4.70. The number of methoxy groups -OCH3 is 1. The van der Waals surface area contributed by atoms with Crippen LogP contribution in [0.4, 0.5) is 0 Å². The zero-order chi connectivity index (χ0) is 17.1. The maximum Gasteiger partial charge on any atom is 0.263 e. The van der Waals surface area contributed by atoms with Crippen molar-refractivity contribution in [3.8, 4) is 16.3 Å². The van der Waals surface area contributed by atoms with Crippen LogP contribution in [0.1, 0.15) is 21.3 Å². The van der Waals surface area contributed by atoms with E-state index in [4.69, 9.17) is 4.74 Å². The number of amides is 1. The van der Waals surface area contributed by atoms with Crippen molar-refractivity contribution in [3.05, 3.63) is 47.0 Å². The second-order valence-electron chi connectivity index (χ2n) is 5.16. The van der Waals surface area contributed by atoms with E-state index in [0.29, 0.717) is 17.2 Å². The van der Waals surface area contributed by atoms with E-state index < -0.39 is 0 Å². The Morgan fingerprint density at radius 1 is 1.29 bits per heavy atom. The van der Waals surface area contributed by atoms with E-state index in [2.05, 4.69) is 20.5 Å². The summed E-state index contributed by atoms with van der Waals surface area (Å²) in [4.78, 5) is 17.1. The normalized spacial score (nSPS) is 10.6. The maximum absolute atomic E-state index is 12.3. The largest absolute Gasteiger partial charge is 0.497 e. The molecule has 2 aromatic heterocycles. The average molecular weight is 343 g/mol. The molecule has 0 unspecified atom stereocenters. The molecular weight excluding hydrogens is 326 g/mol. The zero-order valence-electron chi connectivity index (χ0n) is 13.6. The van der Waals surface area contributed by atoms with Crippen LogP contribution in [0.2, 0.25) is 0 Å². The van der Waals surface area contributed by atoms with Gasteiger partial charge in [-0.25, -0.2) is 4.98 Å². The summed E-state index contributed by atoms with van der Waals surface area (Å²) in [6, 6.07) is 7.57. The second kappa shape index (κ2) is 6.79. The molecule has 0 fully saturated rings. The van der Waals surface area contributed by atoms with Gasteiger partial charge in [-0.2, -0.15) is 0 Å². The minimum atomic E-state index is -0.173. The first kappa shape index (κ1) is 16.1. The van der Waals surface area contributed by atoms with Crippen molar-refractivity contribution in [1.82, 2.24) is 25.1 Å². The van der Waals surface area contributed by atoms with Crippen LogP contribution in [0, 0.1) is 6.92 Å². The van der Waals surface area contributed by atoms with E-state index >= 15 is 0 Å². The zero-order valence-corrected chi connectivity index (χ0v) is 14.4. The van der Waals surface area contributed by atoms with Crippen LogP contribution in [-0.4, -0.2) is 32.8 Å². The molecule has 1 aromatic carbocycles. The number of aryl methyl sites for hydroxylation is 1. The molecule has 124 valence electrons. The van der Waals surface area contributed by atoms with Crippen LogP contribution < -0.4 is 10.1 Å². The molecule has 8 heteroatoms. The Morgan fingerprint density at radius 3 is 2.67 bits per heavy atom. The fraction of sp³-hybridized carbons (Fsp3) is 0.250. The highest BCUT2D eigenvalue weighted by molar-refractivity contribution is 7.16. The number of hydrogen-bond acceptors (Lipinski definition) is 6. The summed E-state index contributed by atoms with van der Waals surface area (Å²) in [6.07, 6.45) is 1.58. The first-order chi connectivity index (χ1) is 11.6. The van der Waals surface area contributed by atoms with E-state index in [0.717, 1.165) is 22.1 Å². The first-order valence-corrected chi connectivity index (χ1v) is 8.13. The minimum absolute atomic E-state index is 0.173. The number of aromatic nitrogens is 4. The summed E-state index contributed by atoms with van der Waals surface area (Å²) in [5, 5.41) is 11.6. The molecule has 0 aliphatic carbocycles. The van der Waals surface area contributed by atoms with Gasteiger partial charge in [0.25, 0.3) is 5.91 Å². The van der Waals surface area contributed by atoms with E-state index in [1.54, 1.807) is 13.3 Å². The minimum Gasteiger partial charge on any atom is -0.497 e. The highest BCUT2D eigenvalue weighted by Gasteiger charge is 2.13. The molecular formula is C16H17N5O2S. The van der Waals surface area contributed by atoms with Gasteiger partial charge in [0.15, 0.2) is 5.82 Å². The van der Waals surface area contributed by atoms with Crippen LogP contribution in [0.5, 0.6) is 5.75 Å². The fourth-order valence-corrected chi connectivity index (χ4v) is 2.94. The molecule has 0 saturated heterocycles. The SMILES string of the molecule is COc1ccc(-c2ncc(C(=O)NCc3nnc(C)n3C)s2)cc1. The summed E-state index contributed by atoms with van der Waals surface area (Å²) in [5.41, 5.74) is 0.948. The van der Waals surface area contributed by atoms with Crippen molar-refractivity contribution < 1.29 is 9.53 Å². The van der Waals surface area contributed by atoms with Crippen molar-refractivity contribution in [2.24, 2.45) is 7.05 Å². The Labute approximate surface area is 143 Å². The molecule has 3 aromatic rings. The topological polar surface area (TPSA) is 81.9 Å². The van der Waals surface area contributed by atoms with Crippen LogP contribution in [0.25, 0.3) is 10.6 Å². The molecule has 0 atom stereocenters. The number of thiazole rings is 1. The molecule has 7 nitrogen and oxygen atoms in total. The van der Waals surface area contributed by atoms with Gasteiger partial charge in [-0.1, -0.05) is 0 Å². The lowest BCUT2D eigenvalue weighted by molar-refractivity contribution is 0.0953. The molecule has 1 N–H and O–H groups in total. The molecule has 0 spiro atoms. The molecule has 0 radical (unpaired) electrons. The number of ether oxygens (including phenoxy) is 1. The Hall–Kier alpha value is -2.74. The quantitative estimate of drug-likeness (QED) is 0.768. The lowest BCUT2D eigenvalue weighted by Crippen LogP contribution is -2.23. The van der Waals surface area contributed by atoms with Gasteiger partial charge in [-0.3, -0.25) is 4.79 Å². The molecule has 0 aliphatic heterocycles. The van der Waals surface area contributed by atoms with Crippen molar-refractivity contribution in [3.63, 3.8) is 0 Å². The summed E-state index contributed by atoms with van der Waals surface area (Å²) in [7, 11) is 3.49. The second-order valence-corrected chi connectivity index (χ2v) is 6.19. The fourth-order valence-electron chi connectivity index (χ4n) is 2.10. The van der Waals surface area contributed by atoms with Crippen LogP contribution >= 0.6 is 11.3 Å². The van der Waals surface area contributed by atoms with Gasteiger partial charge in [0.1, 0.15) is 21.5 Å². The molecule has 24 heavy (non-hydrogen) atoms. The Morgan fingerprint density at radius 2 is 2.04 bits per heavy atom. The molecule has 0 saturated carbocycles. The molecule has 1 amide bonds. The molecule has 3 rings (SSSR count). The summed E-state index contributed by atoms with van der Waals surface area (Å²) in [5.74, 6) is 2.12. The van der Waals surface area contributed by atoms with Crippen LogP contribution in [-0.2, 0) is 13.6 Å². The number of carbonyl (C=O) groups excluding carboxylic acids is 1. The van der Waals surface area contributed by atoms with Crippen molar-refractivity contribution in [2.45, 2.75) is 13.5 Å². The van der Waals surface area contributed by atoms with Crippen LogP contribution in [0.15, 0.2) is 30.5 Å². The van der Waals surface area contributed by atoms with E-state index in [1.165, 1.54) is 11.3 Å². The van der Waals surface area contributed by atoms with Crippen LogP contribution in [0.3, 0.4) is 0 Å². The highest BCUT2D eigenvalue weighted by Crippen LogP contribution is 2.26. The Kier molecular flexibility index (Phi) is 4.57. The Bertz CT molecular complexity index is 854. The first-order valence-electron chi connectivity index (χ1n) is 7.32. The van der Waals surface area contributed by atoms with Crippen molar-refractivity contribution in [1.29, 1.82) is 0 Å².